The minimum absolute atomic E-state index is 0.0231. The molecule has 8 aliphatic rings. The van der Waals surface area contributed by atoms with Crippen molar-refractivity contribution >= 4 is 17.9 Å². The Bertz CT molecular complexity index is 2450. The first-order valence-corrected chi connectivity index (χ1v) is 23.4. The molecule has 0 aromatic heterocycles. The van der Waals surface area contributed by atoms with Crippen LogP contribution in [-0.2, 0) is 60.6 Å². The molecule has 2 unspecified atom stereocenters. The highest BCUT2D eigenvalue weighted by Crippen LogP contribution is 2.83. The summed E-state index contributed by atoms with van der Waals surface area (Å²) in [5.41, 5.74) is 0.813. The van der Waals surface area contributed by atoms with Crippen LogP contribution < -0.4 is 9.47 Å². The molecular formula is C52H58O14. The van der Waals surface area contributed by atoms with Gasteiger partial charge in [-0.25, -0.2) is 14.4 Å². The number of esters is 3. The molecule has 0 amide bonds. The monoisotopic (exact) mass is 906 g/mol. The largest absolute Gasteiger partial charge is 0.497 e. The molecule has 5 heterocycles. The molecule has 66 heavy (non-hydrogen) atoms. The van der Waals surface area contributed by atoms with Crippen molar-refractivity contribution in [1.29, 1.82) is 0 Å². The first-order valence-electron chi connectivity index (χ1n) is 23.4. The average molecular weight is 907 g/mol. The molecule has 3 aliphatic carbocycles. The molecule has 3 aromatic rings. The zero-order valence-corrected chi connectivity index (χ0v) is 38.4. The molecule has 6 fully saturated rings. The first kappa shape index (κ1) is 43.7. The van der Waals surface area contributed by atoms with E-state index >= 15 is 0 Å². The van der Waals surface area contributed by atoms with Crippen LogP contribution in [0.1, 0.15) is 92.1 Å². The zero-order chi connectivity index (χ0) is 45.9. The van der Waals surface area contributed by atoms with Crippen molar-refractivity contribution in [3.63, 3.8) is 0 Å². The second-order valence-electron chi connectivity index (χ2n) is 19.8. The van der Waals surface area contributed by atoms with Crippen molar-refractivity contribution in [3.05, 3.63) is 106 Å². The standard InChI is InChI=1S/C52H58O14/c1-8-38-41(59-25-30-15-19-32(57-7)20-16-30)40(58-24-29-13-17-31(56-6)18-14-29)28(4)47(61-38)62-45(54)33-11-9-10-12-34(33)46(55)63-48-50(27(2)3)42(65-50)43-52(66-43)49(5)22-21-35-36(26-60-44(35)53)37(49)23-39-51(48,52)64-39/h9-20,27-28,37-43,47-48H,8,21-26H2,1-7H3/t28?,37-,38?,39-,40+,41+,42-,43-,47-,48+,49-,50-,51+,52+/m0/s1. The molecule has 11 rings (SSSR count). The van der Waals surface area contributed by atoms with Gasteiger partial charge in [0.2, 0.25) is 6.29 Å². The van der Waals surface area contributed by atoms with Crippen LogP contribution in [0.15, 0.2) is 83.9 Å². The van der Waals surface area contributed by atoms with E-state index in [1.165, 1.54) is 0 Å². The van der Waals surface area contributed by atoms with Gasteiger partial charge in [0.1, 0.15) is 47.6 Å². The molecule has 14 heteroatoms. The Morgan fingerprint density at radius 1 is 0.803 bits per heavy atom. The second-order valence-corrected chi connectivity index (χ2v) is 19.8. The number of rotatable bonds is 14. The molecule has 2 spiro atoms. The van der Waals surface area contributed by atoms with Crippen LogP contribution in [0.4, 0.5) is 0 Å². The third kappa shape index (κ3) is 6.31. The molecule has 5 aliphatic heterocycles. The molecule has 14 nitrogen and oxygen atoms in total. The Kier molecular flexibility index (Phi) is 10.5. The maximum atomic E-state index is 14.8. The van der Waals surface area contributed by atoms with E-state index in [0.29, 0.717) is 32.3 Å². The Balaban J connectivity index is 0.845. The number of hydrogen-bond donors (Lipinski definition) is 0. The van der Waals surface area contributed by atoms with Crippen LogP contribution >= 0.6 is 0 Å². The molecule has 350 valence electrons. The lowest BCUT2D eigenvalue weighted by Crippen LogP contribution is -2.70. The fourth-order valence-electron chi connectivity index (χ4n) is 12.8. The third-order valence-corrected chi connectivity index (χ3v) is 16.4. The van der Waals surface area contributed by atoms with Gasteiger partial charge in [0.15, 0.2) is 11.7 Å². The lowest BCUT2D eigenvalue weighted by atomic mass is 9.46. The fourth-order valence-corrected chi connectivity index (χ4v) is 12.8. The highest BCUT2D eigenvalue weighted by atomic mass is 16.8. The number of carbonyl (C=O) groups is 3. The number of methoxy groups -OCH3 is 2. The summed E-state index contributed by atoms with van der Waals surface area (Å²) >= 11 is 0. The van der Waals surface area contributed by atoms with Crippen molar-refractivity contribution in [3.8, 4) is 11.5 Å². The van der Waals surface area contributed by atoms with Gasteiger partial charge in [0.05, 0.1) is 56.9 Å². The minimum atomic E-state index is -1.04. The van der Waals surface area contributed by atoms with E-state index in [1.54, 1.807) is 38.5 Å². The highest BCUT2D eigenvalue weighted by molar-refractivity contribution is 6.03. The number of benzene rings is 3. The third-order valence-electron chi connectivity index (χ3n) is 16.4. The second kappa shape index (κ2) is 15.9. The quantitative estimate of drug-likeness (QED) is 0.0916. The van der Waals surface area contributed by atoms with Crippen molar-refractivity contribution in [2.45, 2.75) is 139 Å². The van der Waals surface area contributed by atoms with Crippen molar-refractivity contribution in [2.75, 3.05) is 20.8 Å². The van der Waals surface area contributed by atoms with Crippen molar-refractivity contribution in [1.82, 2.24) is 0 Å². The van der Waals surface area contributed by atoms with Gasteiger partial charge in [0.25, 0.3) is 0 Å². The van der Waals surface area contributed by atoms with Gasteiger partial charge in [0, 0.05) is 16.9 Å². The number of carbonyl (C=O) groups excluding carboxylic acids is 3. The van der Waals surface area contributed by atoms with E-state index in [4.69, 9.17) is 52.1 Å². The lowest BCUT2D eigenvalue weighted by Gasteiger charge is -2.53. The van der Waals surface area contributed by atoms with E-state index in [0.717, 1.165) is 33.8 Å². The topological polar surface area (TPSA) is 163 Å². The highest BCUT2D eigenvalue weighted by Gasteiger charge is 3.01. The van der Waals surface area contributed by atoms with Gasteiger partial charge in [-0.15, -0.1) is 0 Å². The number of epoxide rings is 3. The predicted molar refractivity (Wildman–Crippen MR) is 233 cm³/mol. The minimum Gasteiger partial charge on any atom is -0.497 e. The Hall–Kier alpha value is -4.83. The van der Waals surface area contributed by atoms with E-state index in [1.807, 2.05) is 62.4 Å². The number of ether oxygens (including phenoxy) is 11. The molecule has 0 bridgehead atoms. The summed E-state index contributed by atoms with van der Waals surface area (Å²) in [6, 6.07) is 21.9. The summed E-state index contributed by atoms with van der Waals surface area (Å²) in [5.74, 6) is -0.685. The Labute approximate surface area is 384 Å². The van der Waals surface area contributed by atoms with Gasteiger partial charge in [-0.05, 0) is 90.6 Å². The SMILES string of the molecule is CCC1O[C@@H](OC(=O)c2ccccc2C(=O)O[C@@H]2[C@@]3(C(C)C)O[C@H]3[C@@H]3O[C@]34[C@]23O[C@H]3C[C@H]2C3=C(CC[C@@]24C)C(=O)OC3)C(C)[C@@H](OCc2ccc(OC)cc2)[C@@H]1OCc1ccc(OC)cc1. The predicted octanol–water partition coefficient (Wildman–Crippen LogP) is 7.08. The summed E-state index contributed by atoms with van der Waals surface area (Å²) in [7, 11) is 3.25. The Morgan fingerprint density at radius 2 is 1.42 bits per heavy atom. The molecule has 4 saturated heterocycles. The van der Waals surface area contributed by atoms with Crippen LogP contribution in [-0.4, -0.2) is 105 Å². The van der Waals surface area contributed by atoms with Gasteiger partial charge in [-0.2, -0.15) is 0 Å². The molecule has 2 saturated carbocycles. The molecule has 14 atom stereocenters. The van der Waals surface area contributed by atoms with Gasteiger partial charge >= 0.3 is 17.9 Å². The van der Waals surface area contributed by atoms with Crippen molar-refractivity contribution < 1.29 is 66.5 Å². The smallest absolute Gasteiger partial charge is 0.341 e. The van der Waals surface area contributed by atoms with Crippen LogP contribution in [0, 0.1) is 23.2 Å². The normalized spacial score (nSPS) is 38.6. The molecular weight excluding hydrogens is 849 g/mol. The van der Waals surface area contributed by atoms with Crippen LogP contribution in [0.25, 0.3) is 0 Å². The lowest BCUT2D eigenvalue weighted by molar-refractivity contribution is -0.280. The fraction of sp³-hybridized carbons (Fsp3) is 0.558. The van der Waals surface area contributed by atoms with E-state index in [-0.39, 0.29) is 60.5 Å². The average Bonchev–Trinajstić information content (AvgIpc) is 4.27. The summed E-state index contributed by atoms with van der Waals surface area (Å²) < 4.78 is 69.4. The van der Waals surface area contributed by atoms with Crippen LogP contribution in [0.2, 0.25) is 0 Å². The summed E-state index contributed by atoms with van der Waals surface area (Å²) in [6.45, 7) is 11.1. The molecule has 3 aromatic carbocycles. The number of fused-ring (bicyclic) bond motifs is 4. The molecule has 0 N–H and O–H groups in total. The Morgan fingerprint density at radius 3 is 2.03 bits per heavy atom. The van der Waals surface area contributed by atoms with Gasteiger partial charge in [-0.3, -0.25) is 0 Å². The maximum absolute atomic E-state index is 14.8. The van der Waals surface area contributed by atoms with Gasteiger partial charge < -0.3 is 52.1 Å². The van der Waals surface area contributed by atoms with E-state index < -0.39 is 70.8 Å². The van der Waals surface area contributed by atoms with Crippen molar-refractivity contribution in [2.24, 2.45) is 23.2 Å². The van der Waals surface area contributed by atoms with Gasteiger partial charge in [-0.1, -0.05) is 71.0 Å². The zero-order valence-electron chi connectivity index (χ0n) is 38.4. The van der Waals surface area contributed by atoms with E-state index in [2.05, 4.69) is 20.8 Å². The van der Waals surface area contributed by atoms with Crippen LogP contribution in [0.5, 0.6) is 11.5 Å². The summed E-state index contributed by atoms with van der Waals surface area (Å²) in [4.78, 5) is 41.9. The van der Waals surface area contributed by atoms with Crippen LogP contribution in [0.3, 0.4) is 0 Å². The number of hydrogen-bond acceptors (Lipinski definition) is 14. The van der Waals surface area contributed by atoms with E-state index in [9.17, 15) is 14.4 Å². The summed E-state index contributed by atoms with van der Waals surface area (Å²) in [6.07, 6.45) is -1.77. The number of cyclic esters (lactones) is 1. The molecule has 0 radical (unpaired) electrons. The first-order chi connectivity index (χ1) is 31.8. The summed E-state index contributed by atoms with van der Waals surface area (Å²) in [5, 5.41) is 0. The maximum Gasteiger partial charge on any atom is 0.341 e.